The second-order valence-electron chi connectivity index (χ2n) is 7.10. The molecule has 0 aliphatic carbocycles. The van der Waals surface area contributed by atoms with Crippen molar-refractivity contribution in [2.75, 3.05) is 0 Å². The summed E-state index contributed by atoms with van der Waals surface area (Å²) in [4.78, 5) is 40.1. The van der Waals surface area contributed by atoms with Crippen LogP contribution in [0.1, 0.15) is 33.8 Å². The number of benzene rings is 2. The summed E-state index contributed by atoms with van der Waals surface area (Å²) in [5.74, 6) is 1.04. The van der Waals surface area contributed by atoms with Gasteiger partial charge in [0.15, 0.2) is 5.78 Å². The van der Waals surface area contributed by atoms with Crippen LogP contribution in [0.25, 0.3) is 11.5 Å². The van der Waals surface area contributed by atoms with Gasteiger partial charge in [-0.3, -0.25) is 19.7 Å². The van der Waals surface area contributed by atoms with E-state index in [0.29, 0.717) is 30.7 Å². The molecule has 2 amide bonds. The zero-order valence-electron chi connectivity index (χ0n) is 16.4. The smallest absolute Gasteiger partial charge is 0.286 e. The molecule has 1 fully saturated rings. The van der Waals surface area contributed by atoms with Gasteiger partial charge < -0.3 is 4.42 Å². The van der Waals surface area contributed by atoms with Gasteiger partial charge in [-0.1, -0.05) is 54.2 Å². The Morgan fingerprint density at radius 3 is 2.50 bits per heavy atom. The van der Waals surface area contributed by atoms with E-state index >= 15 is 0 Å². The van der Waals surface area contributed by atoms with E-state index in [9.17, 15) is 14.4 Å². The molecular weight excluding hydrogens is 400 g/mol. The van der Waals surface area contributed by atoms with Crippen molar-refractivity contribution in [2.24, 2.45) is 0 Å². The first-order valence-electron chi connectivity index (χ1n) is 9.65. The highest BCUT2D eigenvalue weighted by atomic mass is 32.2. The lowest BCUT2D eigenvalue weighted by atomic mass is 10.0. The van der Waals surface area contributed by atoms with Crippen molar-refractivity contribution < 1.29 is 18.8 Å². The molecule has 0 spiro atoms. The van der Waals surface area contributed by atoms with Gasteiger partial charge in [-0.2, -0.15) is 0 Å². The van der Waals surface area contributed by atoms with Crippen molar-refractivity contribution in [3.05, 3.63) is 77.2 Å². The van der Waals surface area contributed by atoms with Gasteiger partial charge in [-0.15, -0.1) is 0 Å². The number of thioether (sulfide) groups is 1. The average Bonchev–Trinajstić information content (AvgIpc) is 3.28. The number of Topliss-reactive ketones (excluding diaryl/α,β-unsaturated/α-hetero) is 1. The van der Waals surface area contributed by atoms with Crippen molar-refractivity contribution in [1.82, 2.24) is 10.3 Å². The van der Waals surface area contributed by atoms with Gasteiger partial charge in [0.2, 0.25) is 11.8 Å². The van der Waals surface area contributed by atoms with Crippen LogP contribution in [-0.4, -0.2) is 27.2 Å². The number of carbonyl (C=O) groups is 3. The van der Waals surface area contributed by atoms with Crippen LogP contribution in [0.4, 0.5) is 4.79 Å². The Balaban J connectivity index is 1.36. The number of rotatable bonds is 7. The second kappa shape index (κ2) is 8.67. The van der Waals surface area contributed by atoms with Crippen LogP contribution >= 0.6 is 11.8 Å². The fourth-order valence-electron chi connectivity index (χ4n) is 3.31. The number of oxazole rings is 1. The molecule has 0 radical (unpaired) electrons. The standard InChI is InChI=1S/C23H20N2O4S/c1-14-18(24-22(29-14)17-5-3-2-4-6-17)11-12-19(26)16-9-7-15(8-10-16)13-20-21(27)25-23(28)30-20/h2-10,20H,11-13H2,1H3,(H,25,27,28)/t20-/m1/s1. The van der Waals surface area contributed by atoms with Crippen molar-refractivity contribution in [2.45, 2.75) is 31.4 Å². The topological polar surface area (TPSA) is 89.3 Å². The normalized spacial score (nSPS) is 16.0. The highest BCUT2D eigenvalue weighted by molar-refractivity contribution is 8.15. The Morgan fingerprint density at radius 2 is 1.83 bits per heavy atom. The van der Waals surface area contributed by atoms with E-state index < -0.39 is 5.25 Å². The Morgan fingerprint density at radius 1 is 1.10 bits per heavy atom. The van der Waals surface area contributed by atoms with E-state index in [0.717, 1.165) is 34.3 Å². The number of aryl methyl sites for hydroxylation is 2. The monoisotopic (exact) mass is 420 g/mol. The zero-order valence-corrected chi connectivity index (χ0v) is 17.2. The Hall–Kier alpha value is -3.19. The fraction of sp³-hybridized carbons (Fsp3) is 0.217. The third-order valence-electron chi connectivity index (χ3n) is 4.97. The number of carbonyl (C=O) groups excluding carboxylic acids is 3. The number of imide groups is 1. The largest absolute Gasteiger partial charge is 0.441 e. The molecular formula is C23H20N2O4S. The van der Waals surface area contributed by atoms with Crippen LogP contribution in [0.2, 0.25) is 0 Å². The minimum Gasteiger partial charge on any atom is -0.441 e. The van der Waals surface area contributed by atoms with E-state index in [1.54, 1.807) is 12.1 Å². The molecule has 6 nitrogen and oxygen atoms in total. The molecule has 152 valence electrons. The van der Waals surface area contributed by atoms with Crippen LogP contribution < -0.4 is 5.32 Å². The molecule has 0 unspecified atom stereocenters. The first kappa shape index (κ1) is 20.1. The lowest BCUT2D eigenvalue weighted by molar-refractivity contribution is -0.118. The lowest BCUT2D eigenvalue weighted by Gasteiger charge is -2.06. The number of amides is 2. The van der Waals surface area contributed by atoms with E-state index in [1.807, 2.05) is 49.4 Å². The second-order valence-corrected chi connectivity index (χ2v) is 8.27. The maximum absolute atomic E-state index is 12.6. The quantitative estimate of drug-likeness (QED) is 0.571. The average molecular weight is 420 g/mol. The molecule has 1 atom stereocenters. The molecule has 2 aromatic carbocycles. The molecule has 1 N–H and O–H groups in total. The van der Waals surface area contributed by atoms with Crippen molar-refractivity contribution >= 4 is 28.7 Å². The van der Waals surface area contributed by atoms with E-state index in [1.165, 1.54) is 0 Å². The van der Waals surface area contributed by atoms with Gasteiger partial charge in [0.1, 0.15) is 5.76 Å². The number of aromatic nitrogens is 1. The van der Waals surface area contributed by atoms with Crippen LogP contribution in [-0.2, 0) is 17.6 Å². The third-order valence-corrected chi connectivity index (χ3v) is 5.95. The molecule has 1 aliphatic rings. The summed E-state index contributed by atoms with van der Waals surface area (Å²) in [6.45, 7) is 1.86. The maximum atomic E-state index is 12.6. The zero-order chi connectivity index (χ0) is 21.1. The molecule has 1 saturated heterocycles. The third kappa shape index (κ3) is 4.52. The summed E-state index contributed by atoms with van der Waals surface area (Å²) in [6.07, 6.45) is 1.29. The van der Waals surface area contributed by atoms with Crippen LogP contribution in [0.3, 0.4) is 0 Å². The maximum Gasteiger partial charge on any atom is 0.286 e. The molecule has 1 aliphatic heterocycles. The highest BCUT2D eigenvalue weighted by Crippen LogP contribution is 2.24. The molecule has 7 heteroatoms. The molecule has 0 saturated carbocycles. The van der Waals surface area contributed by atoms with Crippen LogP contribution in [0, 0.1) is 6.92 Å². The SMILES string of the molecule is Cc1oc(-c2ccccc2)nc1CCC(=O)c1ccc(C[C@H]2SC(=O)NC2=O)cc1. The van der Waals surface area contributed by atoms with Gasteiger partial charge in [-0.05, 0) is 31.0 Å². The first-order chi connectivity index (χ1) is 14.5. The van der Waals surface area contributed by atoms with E-state index in [4.69, 9.17) is 4.42 Å². The number of hydrogen-bond donors (Lipinski definition) is 1. The van der Waals surface area contributed by atoms with Crippen molar-refractivity contribution in [1.29, 1.82) is 0 Å². The van der Waals surface area contributed by atoms with E-state index in [-0.39, 0.29) is 16.9 Å². The molecule has 4 rings (SSSR count). The van der Waals surface area contributed by atoms with Gasteiger partial charge in [0.25, 0.3) is 5.24 Å². The minimum absolute atomic E-state index is 0.0216. The van der Waals surface area contributed by atoms with Crippen molar-refractivity contribution in [3.8, 4) is 11.5 Å². The number of nitrogens with zero attached hydrogens (tertiary/aromatic N) is 1. The summed E-state index contributed by atoms with van der Waals surface area (Å²) in [5, 5.41) is 1.56. The molecule has 2 heterocycles. The number of ketones is 1. The minimum atomic E-state index is -0.409. The predicted molar refractivity (Wildman–Crippen MR) is 114 cm³/mol. The summed E-state index contributed by atoms with van der Waals surface area (Å²) < 4.78 is 5.75. The first-order valence-corrected chi connectivity index (χ1v) is 10.5. The highest BCUT2D eigenvalue weighted by Gasteiger charge is 2.31. The molecule has 30 heavy (non-hydrogen) atoms. The summed E-state index contributed by atoms with van der Waals surface area (Å²) >= 11 is 1.00. The number of nitrogens with one attached hydrogen (secondary N) is 1. The summed E-state index contributed by atoms with van der Waals surface area (Å²) in [7, 11) is 0. The fourth-order valence-corrected chi connectivity index (χ4v) is 4.17. The van der Waals surface area contributed by atoms with Crippen molar-refractivity contribution in [3.63, 3.8) is 0 Å². The lowest BCUT2D eigenvalue weighted by Crippen LogP contribution is -2.25. The Labute approximate surface area is 178 Å². The van der Waals surface area contributed by atoms with Gasteiger partial charge in [0.05, 0.1) is 10.9 Å². The van der Waals surface area contributed by atoms with Crippen LogP contribution in [0.5, 0.6) is 0 Å². The van der Waals surface area contributed by atoms with Gasteiger partial charge >= 0.3 is 0 Å². The Bertz CT molecular complexity index is 1090. The van der Waals surface area contributed by atoms with E-state index in [2.05, 4.69) is 10.3 Å². The molecule has 1 aromatic heterocycles. The summed E-state index contributed by atoms with van der Waals surface area (Å²) in [6, 6.07) is 16.9. The van der Waals surface area contributed by atoms with Gasteiger partial charge in [0, 0.05) is 24.0 Å². The predicted octanol–water partition coefficient (Wildman–Crippen LogP) is 4.36. The molecule has 0 bridgehead atoms. The summed E-state index contributed by atoms with van der Waals surface area (Å²) in [5.41, 5.74) is 3.22. The molecule has 3 aromatic rings. The number of hydrogen-bond acceptors (Lipinski definition) is 6. The van der Waals surface area contributed by atoms with Crippen LogP contribution in [0.15, 0.2) is 59.0 Å². The van der Waals surface area contributed by atoms with Gasteiger partial charge in [-0.25, -0.2) is 4.98 Å². The Kier molecular flexibility index (Phi) is 5.81.